The Kier molecular flexibility index (Phi) is 2.51. The van der Waals surface area contributed by atoms with Gasteiger partial charge >= 0.3 is 0 Å². The molecule has 74 valence electrons. The molecule has 3 nitrogen and oxygen atoms in total. The van der Waals surface area contributed by atoms with E-state index in [0.29, 0.717) is 5.56 Å². The van der Waals surface area contributed by atoms with Gasteiger partial charge in [-0.05, 0) is 24.6 Å². The largest absolute Gasteiger partial charge is 0.331 e. The minimum absolute atomic E-state index is 0.699. The Labute approximate surface area is 88.6 Å². The molecule has 15 heavy (non-hydrogen) atoms. The van der Waals surface area contributed by atoms with E-state index in [4.69, 9.17) is 5.26 Å². The molecular weight excluding hydrogens is 186 g/mol. The van der Waals surface area contributed by atoms with Crippen LogP contribution in [-0.4, -0.2) is 9.55 Å². The lowest BCUT2D eigenvalue weighted by atomic mass is 10.1. The highest BCUT2D eigenvalue weighted by Gasteiger charge is 1.99. The van der Waals surface area contributed by atoms with E-state index in [1.54, 1.807) is 6.20 Å². The maximum Gasteiger partial charge on any atom is 0.105 e. The number of aromatic nitrogens is 2. The monoisotopic (exact) mass is 197 g/mol. The van der Waals surface area contributed by atoms with E-state index in [9.17, 15) is 0 Å². The van der Waals surface area contributed by atoms with E-state index in [1.165, 1.54) is 0 Å². The first-order valence-corrected chi connectivity index (χ1v) is 4.76. The topological polar surface area (TPSA) is 41.6 Å². The molecule has 0 spiro atoms. The smallest absolute Gasteiger partial charge is 0.105 e. The summed E-state index contributed by atoms with van der Waals surface area (Å²) in [4.78, 5) is 4.15. The number of rotatable bonds is 2. The van der Waals surface area contributed by atoms with E-state index in [-0.39, 0.29) is 0 Å². The van der Waals surface area contributed by atoms with Gasteiger partial charge in [-0.25, -0.2) is 4.98 Å². The number of imidazole rings is 1. The summed E-state index contributed by atoms with van der Waals surface area (Å²) >= 11 is 0. The molecule has 0 atom stereocenters. The molecule has 0 saturated carbocycles. The number of nitrogens with zero attached hydrogens (tertiary/aromatic N) is 3. The number of nitriles is 1. The number of benzene rings is 1. The Hall–Kier alpha value is -2.08. The molecule has 0 amide bonds. The van der Waals surface area contributed by atoms with E-state index in [2.05, 4.69) is 15.6 Å². The van der Waals surface area contributed by atoms with Crippen LogP contribution in [0.5, 0.6) is 0 Å². The Bertz CT molecular complexity index is 506. The van der Waals surface area contributed by atoms with Crippen molar-refractivity contribution in [3.8, 4) is 6.07 Å². The Morgan fingerprint density at radius 2 is 2.33 bits per heavy atom. The molecule has 3 heteroatoms. The molecule has 1 aromatic heterocycles. The first-order chi connectivity index (χ1) is 7.29. The molecule has 0 saturated heterocycles. The van der Waals surface area contributed by atoms with Crippen molar-refractivity contribution in [2.45, 2.75) is 13.5 Å². The molecule has 0 bridgehead atoms. The fourth-order valence-electron chi connectivity index (χ4n) is 1.51. The summed E-state index contributed by atoms with van der Waals surface area (Å²) in [5.41, 5.74) is 1.82. The van der Waals surface area contributed by atoms with Gasteiger partial charge in [0.25, 0.3) is 0 Å². The van der Waals surface area contributed by atoms with E-state index >= 15 is 0 Å². The highest BCUT2D eigenvalue weighted by atomic mass is 15.0. The van der Waals surface area contributed by atoms with Gasteiger partial charge in [-0.2, -0.15) is 5.26 Å². The summed E-state index contributed by atoms with van der Waals surface area (Å²) in [5, 5.41) is 8.77. The molecule has 0 unspecified atom stereocenters. The van der Waals surface area contributed by atoms with Gasteiger partial charge in [0, 0.05) is 18.9 Å². The summed E-state index contributed by atoms with van der Waals surface area (Å²) in [7, 11) is 0. The third kappa shape index (κ3) is 2.05. The lowest BCUT2D eigenvalue weighted by Crippen LogP contribution is -2.00. The number of hydrogen-bond acceptors (Lipinski definition) is 2. The van der Waals surface area contributed by atoms with Crippen molar-refractivity contribution in [1.82, 2.24) is 9.55 Å². The van der Waals surface area contributed by atoms with Crippen molar-refractivity contribution >= 4 is 0 Å². The highest BCUT2D eigenvalue weighted by molar-refractivity contribution is 5.32. The van der Waals surface area contributed by atoms with Crippen molar-refractivity contribution in [1.29, 1.82) is 5.26 Å². The minimum atomic E-state index is 0.699. The maximum atomic E-state index is 8.77. The molecule has 0 aliphatic carbocycles. The number of hydrogen-bond donors (Lipinski definition) is 0. The summed E-state index contributed by atoms with van der Waals surface area (Å²) in [5.74, 6) is 0.984. The van der Waals surface area contributed by atoms with Crippen LogP contribution in [0.1, 0.15) is 17.0 Å². The lowest BCUT2D eigenvalue weighted by molar-refractivity contribution is 0.761. The van der Waals surface area contributed by atoms with Crippen LogP contribution >= 0.6 is 0 Å². The summed E-state index contributed by atoms with van der Waals surface area (Å²) in [6.07, 6.45) is 3.72. The third-order valence-corrected chi connectivity index (χ3v) is 2.33. The SMILES string of the molecule is Cc1nccn1Cc1cccc(C#N)c1. The molecule has 0 N–H and O–H groups in total. The van der Waals surface area contributed by atoms with Crippen molar-refractivity contribution in [3.63, 3.8) is 0 Å². The van der Waals surface area contributed by atoms with Crippen molar-refractivity contribution in [2.75, 3.05) is 0 Å². The first kappa shape index (κ1) is 9.47. The normalized spacial score (nSPS) is 9.87. The Morgan fingerprint density at radius 3 is 3.00 bits per heavy atom. The fourth-order valence-corrected chi connectivity index (χ4v) is 1.51. The lowest BCUT2D eigenvalue weighted by Gasteiger charge is -2.04. The minimum Gasteiger partial charge on any atom is -0.331 e. The molecule has 2 rings (SSSR count). The van der Waals surface area contributed by atoms with Crippen LogP contribution < -0.4 is 0 Å². The average molecular weight is 197 g/mol. The van der Waals surface area contributed by atoms with Gasteiger partial charge in [0.1, 0.15) is 5.82 Å². The van der Waals surface area contributed by atoms with Crippen LogP contribution in [0.2, 0.25) is 0 Å². The van der Waals surface area contributed by atoms with Crippen LogP contribution in [0.4, 0.5) is 0 Å². The zero-order valence-electron chi connectivity index (χ0n) is 8.51. The molecule has 0 fully saturated rings. The fraction of sp³-hybridized carbons (Fsp3) is 0.167. The van der Waals surface area contributed by atoms with E-state index < -0.39 is 0 Å². The zero-order valence-corrected chi connectivity index (χ0v) is 8.51. The third-order valence-electron chi connectivity index (χ3n) is 2.33. The van der Waals surface area contributed by atoms with Gasteiger partial charge in [0.15, 0.2) is 0 Å². The standard InChI is InChI=1S/C12H11N3/c1-10-14-5-6-15(10)9-12-4-2-3-11(7-12)8-13/h2-7H,9H2,1H3. The molecule has 0 aliphatic rings. The van der Waals surface area contributed by atoms with E-state index in [1.807, 2.05) is 37.4 Å². The second-order valence-corrected chi connectivity index (χ2v) is 3.41. The average Bonchev–Trinajstić information content (AvgIpc) is 2.65. The van der Waals surface area contributed by atoms with Gasteiger partial charge in [-0.15, -0.1) is 0 Å². The first-order valence-electron chi connectivity index (χ1n) is 4.76. The molecular formula is C12H11N3. The van der Waals surface area contributed by atoms with Crippen molar-refractivity contribution < 1.29 is 0 Å². The van der Waals surface area contributed by atoms with Gasteiger partial charge in [-0.1, -0.05) is 12.1 Å². The summed E-state index contributed by atoms with van der Waals surface area (Å²) < 4.78 is 2.05. The molecule has 0 aliphatic heterocycles. The van der Waals surface area contributed by atoms with Crippen LogP contribution in [-0.2, 0) is 6.54 Å². The highest BCUT2D eigenvalue weighted by Crippen LogP contribution is 2.07. The Morgan fingerprint density at radius 1 is 1.47 bits per heavy atom. The van der Waals surface area contributed by atoms with Crippen LogP contribution in [0.15, 0.2) is 36.7 Å². The van der Waals surface area contributed by atoms with Gasteiger partial charge in [0.05, 0.1) is 11.6 Å². The summed E-state index contributed by atoms with van der Waals surface area (Å²) in [6, 6.07) is 9.77. The molecule has 1 aromatic carbocycles. The molecule has 1 heterocycles. The predicted molar refractivity (Wildman–Crippen MR) is 57.2 cm³/mol. The van der Waals surface area contributed by atoms with Crippen molar-refractivity contribution in [2.24, 2.45) is 0 Å². The molecule has 2 aromatic rings. The maximum absolute atomic E-state index is 8.77. The Balaban J connectivity index is 2.25. The summed E-state index contributed by atoms with van der Waals surface area (Å²) in [6.45, 7) is 2.73. The van der Waals surface area contributed by atoms with Crippen molar-refractivity contribution in [3.05, 3.63) is 53.6 Å². The van der Waals surface area contributed by atoms with Crippen LogP contribution in [0.3, 0.4) is 0 Å². The van der Waals surface area contributed by atoms with Crippen LogP contribution in [0, 0.1) is 18.3 Å². The van der Waals surface area contributed by atoms with Gasteiger partial charge < -0.3 is 4.57 Å². The number of aryl methyl sites for hydroxylation is 1. The molecule has 0 radical (unpaired) electrons. The van der Waals surface area contributed by atoms with Gasteiger partial charge in [0.2, 0.25) is 0 Å². The predicted octanol–water partition coefficient (Wildman–Crippen LogP) is 2.11. The second kappa shape index (κ2) is 3.97. The van der Waals surface area contributed by atoms with Crippen LogP contribution in [0.25, 0.3) is 0 Å². The zero-order chi connectivity index (χ0) is 10.7. The quantitative estimate of drug-likeness (QED) is 0.739. The van der Waals surface area contributed by atoms with Gasteiger partial charge in [-0.3, -0.25) is 0 Å². The second-order valence-electron chi connectivity index (χ2n) is 3.41. The van der Waals surface area contributed by atoms with E-state index in [0.717, 1.165) is 17.9 Å².